The van der Waals surface area contributed by atoms with Gasteiger partial charge >= 0.3 is 0 Å². The summed E-state index contributed by atoms with van der Waals surface area (Å²) in [6, 6.07) is 0. The zero-order valence-electron chi connectivity index (χ0n) is 11.7. The summed E-state index contributed by atoms with van der Waals surface area (Å²) in [5.74, 6) is 2.66. The smallest absolute Gasteiger partial charge is 0.0600 e. The largest absolute Gasteiger partial charge is 0.378 e. The lowest BCUT2D eigenvalue weighted by Crippen LogP contribution is -2.29. The maximum Gasteiger partial charge on any atom is 0.0600 e. The van der Waals surface area contributed by atoms with Crippen molar-refractivity contribution in [3.05, 3.63) is 0 Å². The van der Waals surface area contributed by atoms with Gasteiger partial charge in [-0.1, -0.05) is 40.0 Å². The fourth-order valence-electron chi connectivity index (χ4n) is 2.93. The Bertz CT molecular complexity index is 178. The van der Waals surface area contributed by atoms with Crippen LogP contribution in [0.4, 0.5) is 0 Å². The third kappa shape index (κ3) is 4.45. The summed E-state index contributed by atoms with van der Waals surface area (Å²) in [6.45, 7) is 10.1. The van der Waals surface area contributed by atoms with E-state index in [0.29, 0.717) is 6.10 Å². The highest BCUT2D eigenvalue weighted by molar-refractivity contribution is 4.78. The summed E-state index contributed by atoms with van der Waals surface area (Å²) in [7, 11) is 0. The highest BCUT2D eigenvalue weighted by Gasteiger charge is 2.27. The molecule has 0 N–H and O–H groups in total. The molecule has 0 aliphatic heterocycles. The van der Waals surface area contributed by atoms with Crippen molar-refractivity contribution >= 4 is 0 Å². The number of hydrogen-bond acceptors (Lipinski definition) is 1. The third-order valence-corrected chi connectivity index (χ3v) is 4.34. The van der Waals surface area contributed by atoms with E-state index in [4.69, 9.17) is 4.74 Å². The predicted molar refractivity (Wildman–Crippen MR) is 70.6 cm³/mol. The second-order valence-corrected chi connectivity index (χ2v) is 5.74. The maximum absolute atomic E-state index is 5.79. The standard InChI is InChI=1S/C15H30O/c1-5-12(3)7-8-14-9-10-15(16-6-2)13(4)11-14/h12-15H,5-11H2,1-4H3/t12-,13+,14+,15?/m0/s1. The molecule has 1 nitrogen and oxygen atoms in total. The Labute approximate surface area is 102 Å². The topological polar surface area (TPSA) is 9.23 Å². The lowest BCUT2D eigenvalue weighted by molar-refractivity contribution is -0.0122. The van der Waals surface area contributed by atoms with E-state index in [0.717, 1.165) is 24.4 Å². The molecule has 1 aliphatic carbocycles. The van der Waals surface area contributed by atoms with Crippen LogP contribution in [0.15, 0.2) is 0 Å². The minimum atomic E-state index is 0.546. The van der Waals surface area contributed by atoms with Crippen molar-refractivity contribution in [2.45, 2.75) is 72.3 Å². The average molecular weight is 226 g/mol. The predicted octanol–water partition coefficient (Wildman–Crippen LogP) is 4.65. The van der Waals surface area contributed by atoms with Gasteiger partial charge in [-0.15, -0.1) is 0 Å². The van der Waals surface area contributed by atoms with Gasteiger partial charge in [0.2, 0.25) is 0 Å². The Balaban J connectivity index is 2.23. The van der Waals surface area contributed by atoms with E-state index < -0.39 is 0 Å². The quantitative estimate of drug-likeness (QED) is 0.640. The van der Waals surface area contributed by atoms with Crippen LogP contribution < -0.4 is 0 Å². The van der Waals surface area contributed by atoms with Crippen LogP contribution in [0.3, 0.4) is 0 Å². The summed E-state index contributed by atoms with van der Waals surface area (Å²) >= 11 is 0. The normalized spacial score (nSPS) is 32.6. The van der Waals surface area contributed by atoms with E-state index in [1.807, 2.05) is 0 Å². The van der Waals surface area contributed by atoms with Crippen molar-refractivity contribution in [3.8, 4) is 0 Å². The van der Waals surface area contributed by atoms with Crippen LogP contribution in [0.25, 0.3) is 0 Å². The van der Waals surface area contributed by atoms with Crippen LogP contribution >= 0.6 is 0 Å². The van der Waals surface area contributed by atoms with Gasteiger partial charge in [-0.3, -0.25) is 0 Å². The molecule has 0 bridgehead atoms. The molecular weight excluding hydrogens is 196 g/mol. The minimum absolute atomic E-state index is 0.546. The molecule has 0 aromatic carbocycles. The summed E-state index contributed by atoms with van der Waals surface area (Å²) in [5.41, 5.74) is 0. The number of hydrogen-bond donors (Lipinski definition) is 0. The van der Waals surface area contributed by atoms with Crippen molar-refractivity contribution in [1.29, 1.82) is 0 Å². The van der Waals surface area contributed by atoms with Gasteiger partial charge < -0.3 is 4.74 Å². The van der Waals surface area contributed by atoms with Gasteiger partial charge in [-0.2, -0.15) is 0 Å². The van der Waals surface area contributed by atoms with Crippen LogP contribution in [0.1, 0.15) is 66.2 Å². The summed E-state index contributed by atoms with van der Waals surface area (Å²) in [5, 5.41) is 0. The van der Waals surface area contributed by atoms with Crippen LogP contribution in [-0.4, -0.2) is 12.7 Å². The Hall–Kier alpha value is -0.0400. The molecule has 1 saturated carbocycles. The molecule has 1 aliphatic rings. The number of rotatable bonds is 6. The van der Waals surface area contributed by atoms with Gasteiger partial charge in [0.25, 0.3) is 0 Å². The molecule has 0 radical (unpaired) electrons. The molecule has 1 heteroatoms. The molecule has 1 fully saturated rings. The summed E-state index contributed by atoms with van der Waals surface area (Å²) < 4.78 is 5.79. The fourth-order valence-corrected chi connectivity index (χ4v) is 2.93. The molecule has 1 unspecified atom stereocenters. The fraction of sp³-hybridized carbons (Fsp3) is 1.00. The average Bonchev–Trinajstić information content (AvgIpc) is 2.29. The zero-order chi connectivity index (χ0) is 12.0. The maximum atomic E-state index is 5.79. The zero-order valence-corrected chi connectivity index (χ0v) is 11.7. The van der Waals surface area contributed by atoms with Gasteiger partial charge in [0.15, 0.2) is 0 Å². The second kappa shape index (κ2) is 7.32. The van der Waals surface area contributed by atoms with E-state index in [2.05, 4.69) is 27.7 Å². The molecule has 16 heavy (non-hydrogen) atoms. The van der Waals surface area contributed by atoms with Gasteiger partial charge in [0.05, 0.1) is 6.10 Å². The lowest BCUT2D eigenvalue weighted by Gasteiger charge is -2.34. The Kier molecular flexibility index (Phi) is 6.41. The molecule has 0 saturated heterocycles. The van der Waals surface area contributed by atoms with Crippen LogP contribution in [0.2, 0.25) is 0 Å². The molecule has 0 aromatic rings. The van der Waals surface area contributed by atoms with Crippen molar-refractivity contribution < 1.29 is 4.74 Å². The highest BCUT2D eigenvalue weighted by atomic mass is 16.5. The molecule has 0 amide bonds. The SMILES string of the molecule is CCOC1CC[C@@H](CC[C@@H](C)CC)C[C@H]1C. The first-order valence-corrected chi connectivity index (χ1v) is 7.28. The van der Waals surface area contributed by atoms with E-state index in [1.165, 1.54) is 38.5 Å². The third-order valence-electron chi connectivity index (χ3n) is 4.34. The van der Waals surface area contributed by atoms with Crippen molar-refractivity contribution in [1.82, 2.24) is 0 Å². The Morgan fingerprint density at radius 2 is 2.00 bits per heavy atom. The Morgan fingerprint density at radius 3 is 2.56 bits per heavy atom. The van der Waals surface area contributed by atoms with E-state index in [1.54, 1.807) is 0 Å². The van der Waals surface area contributed by atoms with Gasteiger partial charge in [-0.25, -0.2) is 0 Å². The molecule has 0 heterocycles. The van der Waals surface area contributed by atoms with Gasteiger partial charge in [0.1, 0.15) is 0 Å². The summed E-state index contributed by atoms with van der Waals surface area (Å²) in [6.07, 6.45) is 8.83. The van der Waals surface area contributed by atoms with Gasteiger partial charge in [-0.05, 0) is 43.9 Å². The molecular formula is C15H30O. The van der Waals surface area contributed by atoms with E-state index in [-0.39, 0.29) is 0 Å². The van der Waals surface area contributed by atoms with Crippen molar-refractivity contribution in [2.24, 2.45) is 17.8 Å². The summed E-state index contributed by atoms with van der Waals surface area (Å²) in [4.78, 5) is 0. The minimum Gasteiger partial charge on any atom is -0.378 e. The van der Waals surface area contributed by atoms with Crippen molar-refractivity contribution in [2.75, 3.05) is 6.61 Å². The van der Waals surface area contributed by atoms with E-state index in [9.17, 15) is 0 Å². The van der Waals surface area contributed by atoms with Crippen LogP contribution in [0, 0.1) is 17.8 Å². The lowest BCUT2D eigenvalue weighted by atomic mass is 9.77. The van der Waals surface area contributed by atoms with Crippen LogP contribution in [-0.2, 0) is 4.74 Å². The molecule has 0 spiro atoms. The molecule has 96 valence electrons. The van der Waals surface area contributed by atoms with Crippen molar-refractivity contribution in [3.63, 3.8) is 0 Å². The Morgan fingerprint density at radius 1 is 1.25 bits per heavy atom. The van der Waals surface area contributed by atoms with Gasteiger partial charge in [0, 0.05) is 6.61 Å². The molecule has 0 aromatic heterocycles. The second-order valence-electron chi connectivity index (χ2n) is 5.74. The monoisotopic (exact) mass is 226 g/mol. The van der Waals surface area contributed by atoms with E-state index >= 15 is 0 Å². The molecule has 1 rings (SSSR count). The molecule has 4 atom stereocenters. The first-order valence-electron chi connectivity index (χ1n) is 7.28. The first kappa shape index (κ1) is 14.0. The highest BCUT2D eigenvalue weighted by Crippen LogP contribution is 2.34. The van der Waals surface area contributed by atoms with Crippen LogP contribution in [0.5, 0.6) is 0 Å². The number of ether oxygens (including phenoxy) is 1. The first-order chi connectivity index (χ1) is 7.67.